The first-order valence-corrected chi connectivity index (χ1v) is 12.1. The lowest BCUT2D eigenvalue weighted by molar-refractivity contribution is -0.138. The zero-order chi connectivity index (χ0) is 26.3. The van der Waals surface area contributed by atoms with Crippen molar-refractivity contribution < 1.29 is 22.7 Å². The lowest BCUT2D eigenvalue weighted by Crippen LogP contribution is -2.15. The minimum absolute atomic E-state index is 0.0376. The number of aryl methyl sites for hydroxylation is 1. The number of nitrogens with zero attached hydrogens (tertiary/aromatic N) is 3. The van der Waals surface area contributed by atoms with E-state index in [0.29, 0.717) is 5.00 Å². The summed E-state index contributed by atoms with van der Waals surface area (Å²) in [4.78, 5) is 21.1. The molecule has 0 unspecified atom stereocenters. The van der Waals surface area contributed by atoms with Crippen LogP contribution in [-0.2, 0) is 6.18 Å². The van der Waals surface area contributed by atoms with Gasteiger partial charge >= 0.3 is 6.18 Å². The lowest BCUT2D eigenvalue weighted by atomic mass is 10.0. The Labute approximate surface area is 214 Å². The third kappa shape index (κ3) is 4.79. The van der Waals surface area contributed by atoms with Gasteiger partial charge in [0.15, 0.2) is 0 Å². The molecule has 6 nitrogen and oxygen atoms in total. The quantitative estimate of drug-likeness (QED) is 0.269. The summed E-state index contributed by atoms with van der Waals surface area (Å²) in [7, 11) is 0. The van der Waals surface area contributed by atoms with Gasteiger partial charge in [0, 0.05) is 29.1 Å². The summed E-state index contributed by atoms with van der Waals surface area (Å²) in [5.41, 5.74) is 9.09. The normalized spacial score (nSPS) is 12.6. The number of aromatic nitrogens is 3. The first-order valence-electron chi connectivity index (χ1n) is 11.3. The van der Waals surface area contributed by atoms with Gasteiger partial charge in [-0.05, 0) is 43.7 Å². The molecule has 3 heterocycles. The lowest BCUT2D eigenvalue weighted by Gasteiger charge is -2.19. The topological polar surface area (TPSA) is 83.0 Å². The van der Waals surface area contributed by atoms with Crippen molar-refractivity contribution in [2.75, 3.05) is 0 Å². The number of carbonyl (C=O) groups is 1. The van der Waals surface area contributed by atoms with Gasteiger partial charge < -0.3 is 10.5 Å². The van der Waals surface area contributed by atoms with Crippen molar-refractivity contribution in [3.05, 3.63) is 94.9 Å². The summed E-state index contributed by atoms with van der Waals surface area (Å²) in [6, 6.07) is 16.5. The van der Waals surface area contributed by atoms with Crippen LogP contribution < -0.4 is 10.5 Å². The highest BCUT2D eigenvalue weighted by atomic mass is 32.1. The largest absolute Gasteiger partial charge is 0.484 e. The number of alkyl halides is 3. The van der Waals surface area contributed by atoms with E-state index in [9.17, 15) is 18.0 Å². The van der Waals surface area contributed by atoms with Crippen LogP contribution in [0.5, 0.6) is 5.75 Å². The number of hydrogen-bond donors (Lipinski definition) is 1. The predicted molar refractivity (Wildman–Crippen MR) is 136 cm³/mol. The number of amides is 1. The molecule has 1 atom stereocenters. The molecule has 1 amide bonds. The van der Waals surface area contributed by atoms with E-state index in [-0.39, 0.29) is 16.2 Å². The average Bonchev–Trinajstić information content (AvgIpc) is 3.47. The number of primary amides is 1. The van der Waals surface area contributed by atoms with Crippen LogP contribution in [0.4, 0.5) is 13.2 Å². The van der Waals surface area contributed by atoms with Gasteiger partial charge in [0.25, 0.3) is 5.91 Å². The molecule has 188 valence electrons. The zero-order valence-corrected chi connectivity index (χ0v) is 20.6. The molecule has 2 aromatic carbocycles. The van der Waals surface area contributed by atoms with Crippen molar-refractivity contribution in [3.8, 4) is 21.9 Å². The first-order chi connectivity index (χ1) is 17.6. The Hall–Kier alpha value is -4.18. The molecule has 10 heteroatoms. The van der Waals surface area contributed by atoms with Crippen molar-refractivity contribution in [3.63, 3.8) is 0 Å². The van der Waals surface area contributed by atoms with Crippen LogP contribution in [0, 0.1) is 6.92 Å². The van der Waals surface area contributed by atoms with Crippen LogP contribution in [0.15, 0.2) is 73.2 Å². The molecule has 0 fully saturated rings. The van der Waals surface area contributed by atoms with Gasteiger partial charge in [0.05, 0.1) is 16.6 Å². The summed E-state index contributed by atoms with van der Waals surface area (Å²) < 4.78 is 48.2. The Bertz CT molecular complexity index is 1610. The van der Waals surface area contributed by atoms with Gasteiger partial charge in [-0.25, -0.2) is 4.98 Å². The number of imidazole rings is 1. The third-order valence-corrected chi connectivity index (χ3v) is 7.08. The molecule has 37 heavy (non-hydrogen) atoms. The number of nitrogens with two attached hydrogens (primary N) is 1. The Morgan fingerprint density at radius 1 is 1.05 bits per heavy atom. The number of carbonyl (C=O) groups excluding carboxylic acids is 1. The van der Waals surface area contributed by atoms with E-state index < -0.39 is 23.8 Å². The number of rotatable bonds is 6. The number of fused-ring (bicyclic) bond motifs is 1. The van der Waals surface area contributed by atoms with E-state index in [1.54, 1.807) is 23.2 Å². The van der Waals surface area contributed by atoms with Crippen LogP contribution in [-0.4, -0.2) is 20.4 Å². The van der Waals surface area contributed by atoms with Crippen LogP contribution in [0.3, 0.4) is 0 Å². The van der Waals surface area contributed by atoms with Gasteiger partial charge in [-0.15, -0.1) is 11.3 Å². The van der Waals surface area contributed by atoms with Crippen LogP contribution in [0.2, 0.25) is 0 Å². The second-order valence-corrected chi connectivity index (χ2v) is 9.52. The Balaban J connectivity index is 1.49. The fraction of sp³-hybridized carbons (Fsp3) is 0.148. The molecular weight excluding hydrogens is 501 g/mol. The van der Waals surface area contributed by atoms with Crippen molar-refractivity contribution in [2.45, 2.75) is 26.1 Å². The number of pyridine rings is 1. The maximum Gasteiger partial charge on any atom is 0.416 e. The molecule has 5 aromatic rings. The summed E-state index contributed by atoms with van der Waals surface area (Å²) in [6.45, 7) is 3.42. The van der Waals surface area contributed by atoms with E-state index in [1.165, 1.54) is 25.1 Å². The molecule has 5 rings (SSSR count). The monoisotopic (exact) mass is 522 g/mol. The molecule has 0 aliphatic rings. The van der Waals surface area contributed by atoms with Gasteiger partial charge in [-0.2, -0.15) is 13.2 Å². The number of hydrogen-bond acceptors (Lipinski definition) is 5. The predicted octanol–water partition coefficient (Wildman–Crippen LogP) is 6.72. The van der Waals surface area contributed by atoms with Crippen molar-refractivity contribution in [2.24, 2.45) is 5.73 Å². The molecule has 3 aromatic heterocycles. The zero-order valence-electron chi connectivity index (χ0n) is 19.8. The summed E-state index contributed by atoms with van der Waals surface area (Å²) >= 11 is 1.08. The van der Waals surface area contributed by atoms with E-state index in [2.05, 4.69) is 9.97 Å². The van der Waals surface area contributed by atoms with Gasteiger partial charge in [-0.3, -0.25) is 14.3 Å². The van der Waals surface area contributed by atoms with Crippen molar-refractivity contribution in [1.82, 2.24) is 14.5 Å². The number of thiophene rings is 1. The third-order valence-electron chi connectivity index (χ3n) is 5.95. The SMILES string of the molecule is Cc1ccc(-c2ccc3c(c2)ncn3-c2cc(O[C@H](C)c3ccccc3C(F)(F)F)c(C(N)=O)s2)cn1. The molecule has 2 N–H and O–H groups in total. The summed E-state index contributed by atoms with van der Waals surface area (Å²) in [6.07, 6.45) is -2.11. The Kier molecular flexibility index (Phi) is 6.20. The molecule has 0 saturated carbocycles. The van der Waals surface area contributed by atoms with Crippen LogP contribution in [0.1, 0.15) is 39.5 Å². The minimum Gasteiger partial charge on any atom is -0.484 e. The smallest absolute Gasteiger partial charge is 0.416 e. The maximum atomic E-state index is 13.5. The summed E-state index contributed by atoms with van der Waals surface area (Å²) in [5, 5.41) is 0.590. The summed E-state index contributed by atoms with van der Waals surface area (Å²) in [5.74, 6) is -0.623. The van der Waals surface area contributed by atoms with E-state index in [0.717, 1.165) is 45.3 Å². The maximum absolute atomic E-state index is 13.5. The standard InChI is InChI=1S/C27H21F3N4O2S/c1-15-7-8-18(13-32-15)17-9-10-22-21(11-17)33-14-34(22)24-12-23(25(37-24)26(31)35)36-16(2)19-5-3-4-6-20(19)27(28,29)30/h3-14,16H,1-2H3,(H2,31,35)/t16-/m1/s1. The number of benzene rings is 2. The Morgan fingerprint density at radius 2 is 1.81 bits per heavy atom. The Morgan fingerprint density at radius 3 is 2.51 bits per heavy atom. The van der Waals surface area contributed by atoms with Crippen molar-refractivity contribution >= 4 is 28.3 Å². The van der Waals surface area contributed by atoms with Crippen LogP contribution in [0.25, 0.3) is 27.2 Å². The fourth-order valence-electron chi connectivity index (χ4n) is 4.11. The molecule has 0 aliphatic carbocycles. The average molecular weight is 523 g/mol. The van der Waals surface area contributed by atoms with Crippen molar-refractivity contribution in [1.29, 1.82) is 0 Å². The number of halogens is 3. The molecule has 0 saturated heterocycles. The molecule has 0 radical (unpaired) electrons. The molecule has 0 bridgehead atoms. The van der Waals surface area contributed by atoms with E-state index in [1.807, 2.05) is 37.3 Å². The molecule has 0 aliphatic heterocycles. The second kappa shape index (κ2) is 9.36. The fourth-order valence-corrected chi connectivity index (χ4v) is 5.04. The molecular formula is C27H21F3N4O2S. The van der Waals surface area contributed by atoms with E-state index in [4.69, 9.17) is 10.5 Å². The number of ether oxygens (including phenoxy) is 1. The van der Waals surface area contributed by atoms with Crippen LogP contribution >= 0.6 is 11.3 Å². The highest BCUT2D eigenvalue weighted by Crippen LogP contribution is 2.39. The highest BCUT2D eigenvalue weighted by Gasteiger charge is 2.35. The van der Waals surface area contributed by atoms with Gasteiger partial charge in [-0.1, -0.05) is 30.3 Å². The van der Waals surface area contributed by atoms with Gasteiger partial charge in [0.2, 0.25) is 0 Å². The van der Waals surface area contributed by atoms with E-state index >= 15 is 0 Å². The minimum atomic E-state index is -4.54. The highest BCUT2D eigenvalue weighted by molar-refractivity contribution is 7.16. The van der Waals surface area contributed by atoms with Gasteiger partial charge in [0.1, 0.15) is 28.1 Å². The second-order valence-electron chi connectivity index (χ2n) is 8.49. The molecule has 0 spiro atoms. The first kappa shape index (κ1) is 24.5.